The highest BCUT2D eigenvalue weighted by atomic mass is 35.5. The van der Waals surface area contributed by atoms with Gasteiger partial charge in [0.15, 0.2) is 5.82 Å². The van der Waals surface area contributed by atoms with Crippen molar-refractivity contribution in [3.05, 3.63) is 39.4 Å². The number of hydrogen-bond acceptors (Lipinski definition) is 2. The second kappa shape index (κ2) is 6.58. The maximum atomic E-state index is 12.6. The maximum absolute atomic E-state index is 12.6. The summed E-state index contributed by atoms with van der Waals surface area (Å²) >= 11 is 6.02. The van der Waals surface area contributed by atoms with E-state index in [9.17, 15) is 4.79 Å². The van der Waals surface area contributed by atoms with Gasteiger partial charge >= 0.3 is 0 Å². The molecular weight excluding hydrogens is 286 g/mol. The van der Waals surface area contributed by atoms with E-state index in [1.165, 1.54) is 0 Å². The highest BCUT2D eigenvalue weighted by Crippen LogP contribution is 2.17. The van der Waals surface area contributed by atoms with Crippen LogP contribution in [-0.2, 0) is 6.54 Å². The van der Waals surface area contributed by atoms with Crippen molar-refractivity contribution in [2.24, 2.45) is 5.92 Å². The van der Waals surface area contributed by atoms with Crippen LogP contribution in [0.2, 0.25) is 5.02 Å². The van der Waals surface area contributed by atoms with Crippen LogP contribution in [0.3, 0.4) is 0 Å². The van der Waals surface area contributed by atoms with Gasteiger partial charge in [-0.25, -0.2) is 4.98 Å². The van der Waals surface area contributed by atoms with Crippen molar-refractivity contribution in [2.75, 3.05) is 6.54 Å². The summed E-state index contributed by atoms with van der Waals surface area (Å²) in [5.41, 5.74) is 0.691. The van der Waals surface area contributed by atoms with Crippen LogP contribution < -0.4 is 10.9 Å². The van der Waals surface area contributed by atoms with Crippen LogP contribution >= 0.6 is 11.6 Å². The number of halogens is 1. The molecule has 1 heterocycles. The summed E-state index contributed by atoms with van der Waals surface area (Å²) < 4.78 is 1.76. The van der Waals surface area contributed by atoms with Gasteiger partial charge in [0.25, 0.3) is 5.56 Å². The molecule has 0 spiro atoms. The topological polar surface area (TPSA) is 51.5 Å². The quantitative estimate of drug-likeness (QED) is 0.922. The Morgan fingerprint density at radius 3 is 2.67 bits per heavy atom. The number of nitrogens with zero attached hydrogens (tertiary/aromatic N) is 2. The van der Waals surface area contributed by atoms with Gasteiger partial charge in [-0.1, -0.05) is 25.4 Å². The van der Waals surface area contributed by atoms with Crippen LogP contribution in [0, 0.1) is 5.92 Å². The van der Waals surface area contributed by atoms with Gasteiger partial charge in [-0.15, -0.1) is 0 Å². The number of rotatable bonds is 5. The third kappa shape index (κ3) is 3.44. The molecule has 114 valence electrons. The Hall–Kier alpha value is -1.39. The lowest BCUT2D eigenvalue weighted by Gasteiger charge is -2.17. The zero-order valence-corrected chi connectivity index (χ0v) is 13.8. The van der Waals surface area contributed by atoms with E-state index in [0.29, 0.717) is 28.4 Å². The van der Waals surface area contributed by atoms with Crippen LogP contribution in [0.1, 0.15) is 39.6 Å². The molecule has 4 nitrogen and oxygen atoms in total. The number of nitrogens with two attached hydrogens (primary N) is 1. The van der Waals surface area contributed by atoms with Gasteiger partial charge in [-0.05, 0) is 32.0 Å². The fraction of sp³-hybridized carbons (Fsp3) is 0.500. The number of quaternary nitrogens is 1. The van der Waals surface area contributed by atoms with Crippen LogP contribution in [0.15, 0.2) is 23.0 Å². The third-order valence-corrected chi connectivity index (χ3v) is 3.87. The smallest absolute Gasteiger partial charge is 0.261 e. The van der Waals surface area contributed by atoms with Gasteiger partial charge in [0.2, 0.25) is 0 Å². The summed E-state index contributed by atoms with van der Waals surface area (Å²) in [6, 6.07) is 5.40. The van der Waals surface area contributed by atoms with Crippen molar-refractivity contribution < 1.29 is 5.32 Å². The maximum Gasteiger partial charge on any atom is 0.261 e. The molecule has 1 aromatic heterocycles. The average molecular weight is 309 g/mol. The van der Waals surface area contributed by atoms with Crippen molar-refractivity contribution in [3.63, 3.8) is 0 Å². The molecule has 2 aromatic rings. The van der Waals surface area contributed by atoms with E-state index in [1.807, 2.05) is 6.92 Å². The molecule has 0 unspecified atom stereocenters. The first-order valence-corrected chi connectivity index (χ1v) is 7.85. The van der Waals surface area contributed by atoms with Crippen molar-refractivity contribution in [1.29, 1.82) is 0 Å². The Labute approximate surface area is 130 Å². The summed E-state index contributed by atoms with van der Waals surface area (Å²) in [5, 5.41) is 3.46. The molecule has 0 radical (unpaired) electrons. The minimum absolute atomic E-state index is 0.0129. The van der Waals surface area contributed by atoms with E-state index < -0.39 is 0 Å². The molecule has 1 atom stereocenters. The highest BCUT2D eigenvalue weighted by Gasteiger charge is 2.18. The molecular formula is C16H23ClN3O+. The normalized spacial score (nSPS) is 13.0. The Morgan fingerprint density at radius 1 is 1.33 bits per heavy atom. The molecule has 5 heteroatoms. The standard InChI is InChI=1S/C16H22ClN3O/c1-5-20-15(11(4)18-9-10(2)3)19-14-8-12(17)6-7-13(14)16(20)21/h6-8,10-11,18H,5,9H2,1-4H3/p+1/t11-/m1/s1. The number of benzene rings is 1. The largest absolute Gasteiger partial charge is 0.338 e. The molecule has 0 saturated carbocycles. The molecule has 1 aromatic carbocycles. The van der Waals surface area contributed by atoms with E-state index in [0.717, 1.165) is 12.4 Å². The van der Waals surface area contributed by atoms with Crippen molar-refractivity contribution in [1.82, 2.24) is 9.55 Å². The predicted molar refractivity (Wildman–Crippen MR) is 86.7 cm³/mol. The SMILES string of the molecule is CCn1c([C@@H](C)[NH2+]CC(C)C)nc2cc(Cl)ccc2c1=O. The fourth-order valence-corrected chi connectivity index (χ4v) is 2.61. The van der Waals surface area contributed by atoms with E-state index >= 15 is 0 Å². The highest BCUT2D eigenvalue weighted by molar-refractivity contribution is 6.31. The first-order chi connectivity index (χ1) is 9.93. The summed E-state index contributed by atoms with van der Waals surface area (Å²) in [7, 11) is 0. The van der Waals surface area contributed by atoms with Gasteiger partial charge in [0.1, 0.15) is 6.04 Å². The summed E-state index contributed by atoms with van der Waals surface area (Å²) in [4.78, 5) is 17.3. The zero-order valence-electron chi connectivity index (χ0n) is 13.1. The molecule has 2 rings (SSSR count). The summed E-state index contributed by atoms with van der Waals surface area (Å²) in [6.07, 6.45) is 0. The number of fused-ring (bicyclic) bond motifs is 1. The molecule has 0 fully saturated rings. The first-order valence-electron chi connectivity index (χ1n) is 7.47. The van der Waals surface area contributed by atoms with Gasteiger partial charge in [-0.3, -0.25) is 9.36 Å². The number of aromatic nitrogens is 2. The molecule has 0 bridgehead atoms. The second-order valence-corrected chi connectivity index (χ2v) is 6.27. The van der Waals surface area contributed by atoms with Crippen LogP contribution in [0.25, 0.3) is 10.9 Å². The molecule has 0 aliphatic carbocycles. The molecule has 0 amide bonds. The van der Waals surface area contributed by atoms with E-state index in [1.54, 1.807) is 22.8 Å². The van der Waals surface area contributed by atoms with Gasteiger partial charge < -0.3 is 5.32 Å². The van der Waals surface area contributed by atoms with E-state index in [2.05, 4.69) is 26.1 Å². The fourth-order valence-electron chi connectivity index (χ4n) is 2.45. The van der Waals surface area contributed by atoms with Crippen molar-refractivity contribution in [2.45, 2.75) is 40.3 Å². The van der Waals surface area contributed by atoms with E-state index in [4.69, 9.17) is 16.6 Å². The third-order valence-electron chi connectivity index (χ3n) is 3.63. The lowest BCUT2D eigenvalue weighted by atomic mass is 10.2. The lowest BCUT2D eigenvalue weighted by molar-refractivity contribution is -0.698. The molecule has 0 aliphatic rings. The van der Waals surface area contributed by atoms with Gasteiger partial charge in [0, 0.05) is 17.5 Å². The monoisotopic (exact) mass is 308 g/mol. The Balaban J connectivity index is 2.53. The molecule has 21 heavy (non-hydrogen) atoms. The summed E-state index contributed by atoms with van der Waals surface area (Å²) in [6.45, 7) is 10.1. The minimum Gasteiger partial charge on any atom is -0.338 e. The Kier molecular flexibility index (Phi) is 5.01. The van der Waals surface area contributed by atoms with Crippen LogP contribution in [0.4, 0.5) is 0 Å². The average Bonchev–Trinajstić information content (AvgIpc) is 2.44. The summed E-state index contributed by atoms with van der Waals surface area (Å²) in [5.74, 6) is 1.42. The molecule has 0 aliphatic heterocycles. The Morgan fingerprint density at radius 2 is 2.05 bits per heavy atom. The predicted octanol–water partition coefficient (Wildman–Crippen LogP) is 2.35. The van der Waals surface area contributed by atoms with Crippen molar-refractivity contribution in [3.8, 4) is 0 Å². The Bertz CT molecular complexity index is 694. The lowest BCUT2D eigenvalue weighted by Crippen LogP contribution is -2.86. The molecule has 2 N–H and O–H groups in total. The van der Waals surface area contributed by atoms with Crippen molar-refractivity contribution >= 4 is 22.5 Å². The zero-order chi connectivity index (χ0) is 15.6. The van der Waals surface area contributed by atoms with Crippen LogP contribution in [0.5, 0.6) is 0 Å². The minimum atomic E-state index is 0.0129. The molecule has 0 saturated heterocycles. The van der Waals surface area contributed by atoms with Gasteiger partial charge in [-0.2, -0.15) is 0 Å². The van der Waals surface area contributed by atoms with E-state index in [-0.39, 0.29) is 11.6 Å². The number of hydrogen-bond donors (Lipinski definition) is 1. The second-order valence-electron chi connectivity index (χ2n) is 5.83. The van der Waals surface area contributed by atoms with Gasteiger partial charge in [0.05, 0.1) is 17.4 Å². The first kappa shape index (κ1) is 16.0. The van der Waals surface area contributed by atoms with Crippen LogP contribution in [-0.4, -0.2) is 16.1 Å².